The van der Waals surface area contributed by atoms with Gasteiger partial charge in [0.25, 0.3) is 5.91 Å². The average molecular weight is 349 g/mol. The lowest BCUT2D eigenvalue weighted by Gasteiger charge is -2.23. The van der Waals surface area contributed by atoms with E-state index in [1.165, 1.54) is 11.6 Å². The lowest BCUT2D eigenvalue weighted by molar-refractivity contribution is 0.0987. The van der Waals surface area contributed by atoms with Gasteiger partial charge in [0.1, 0.15) is 4.21 Å². The number of anilines is 1. The van der Waals surface area contributed by atoms with E-state index in [1.807, 2.05) is 18.2 Å². The van der Waals surface area contributed by atoms with Crippen LogP contribution in [0.5, 0.6) is 0 Å². The summed E-state index contributed by atoms with van der Waals surface area (Å²) >= 11 is 1.10. The van der Waals surface area contributed by atoms with Crippen molar-refractivity contribution in [1.82, 2.24) is 0 Å². The molecule has 0 bridgehead atoms. The van der Waals surface area contributed by atoms with E-state index in [0.29, 0.717) is 18.0 Å². The van der Waals surface area contributed by atoms with Crippen LogP contribution in [0.4, 0.5) is 5.69 Å². The van der Waals surface area contributed by atoms with E-state index in [0.717, 1.165) is 36.1 Å². The monoisotopic (exact) mass is 349 g/mol. The second-order valence-electron chi connectivity index (χ2n) is 5.99. The lowest BCUT2D eigenvalue weighted by Crippen LogP contribution is -2.31. The van der Waals surface area contributed by atoms with Crippen LogP contribution in [0.15, 0.2) is 39.9 Å². The van der Waals surface area contributed by atoms with Gasteiger partial charge in [-0.25, -0.2) is 8.42 Å². The minimum absolute atomic E-state index is 0.127. The van der Waals surface area contributed by atoms with Crippen molar-refractivity contribution in [2.75, 3.05) is 17.7 Å². The summed E-state index contributed by atoms with van der Waals surface area (Å²) in [5.41, 5.74) is 2.56. The number of fused-ring (bicyclic) bond motifs is 1. The molecule has 2 aromatic rings. The highest BCUT2D eigenvalue weighted by Crippen LogP contribution is 2.35. The maximum Gasteiger partial charge on any atom is 0.259 e. The Morgan fingerprint density at radius 3 is 2.74 bits per heavy atom. The normalized spacial score (nSPS) is 18.3. The van der Waals surface area contributed by atoms with Crippen LogP contribution in [0, 0.1) is 0 Å². The zero-order valence-electron chi connectivity index (χ0n) is 13.2. The Bertz CT molecular complexity index is 839. The molecule has 23 heavy (non-hydrogen) atoms. The quantitative estimate of drug-likeness (QED) is 0.831. The van der Waals surface area contributed by atoms with Crippen LogP contribution in [0.3, 0.4) is 0 Å². The molecule has 1 aliphatic rings. The molecule has 0 saturated carbocycles. The number of amides is 1. The number of carbonyl (C=O) groups is 1. The Morgan fingerprint density at radius 1 is 1.30 bits per heavy atom. The summed E-state index contributed by atoms with van der Waals surface area (Å²) in [6.45, 7) is 2.84. The van der Waals surface area contributed by atoms with E-state index < -0.39 is 9.84 Å². The molecule has 0 radical (unpaired) electrons. The molecule has 0 N–H and O–H groups in total. The maximum atomic E-state index is 12.9. The molecular weight excluding hydrogens is 330 g/mol. The second-order valence-corrected chi connectivity index (χ2v) is 9.14. The average Bonchev–Trinajstić information content (AvgIpc) is 2.95. The first-order valence-electron chi connectivity index (χ1n) is 7.57. The van der Waals surface area contributed by atoms with Crippen molar-refractivity contribution in [2.24, 2.45) is 0 Å². The number of para-hydroxylation sites is 1. The van der Waals surface area contributed by atoms with Crippen LogP contribution in [0.2, 0.25) is 0 Å². The van der Waals surface area contributed by atoms with Crippen molar-refractivity contribution < 1.29 is 13.2 Å². The molecule has 0 fully saturated rings. The van der Waals surface area contributed by atoms with Gasteiger partial charge in [-0.3, -0.25) is 4.79 Å². The summed E-state index contributed by atoms with van der Waals surface area (Å²) in [4.78, 5) is 14.7. The number of benzene rings is 1. The zero-order valence-corrected chi connectivity index (χ0v) is 14.8. The molecule has 3 rings (SSSR count). The minimum Gasteiger partial charge on any atom is -0.308 e. The van der Waals surface area contributed by atoms with Crippen molar-refractivity contribution in [3.8, 4) is 0 Å². The van der Waals surface area contributed by atoms with Gasteiger partial charge >= 0.3 is 0 Å². The molecule has 2 heterocycles. The molecule has 1 amide bonds. The van der Waals surface area contributed by atoms with E-state index in [9.17, 15) is 13.2 Å². The molecular formula is C17H19NO3S2. The number of sulfone groups is 1. The SMILES string of the molecule is CC1CCCN(C(=O)c2csc(S(C)(=O)=O)c2)c2ccccc21. The Hall–Kier alpha value is -1.66. The third-order valence-corrected chi connectivity index (χ3v) is 6.98. The van der Waals surface area contributed by atoms with Crippen LogP contribution in [-0.4, -0.2) is 27.1 Å². The van der Waals surface area contributed by atoms with Crippen LogP contribution >= 0.6 is 11.3 Å². The van der Waals surface area contributed by atoms with Gasteiger partial charge in [-0.05, 0) is 36.5 Å². The van der Waals surface area contributed by atoms with Crippen LogP contribution in [0.25, 0.3) is 0 Å². The molecule has 4 nitrogen and oxygen atoms in total. The Balaban J connectivity index is 1.99. The van der Waals surface area contributed by atoms with Crippen LogP contribution < -0.4 is 4.90 Å². The third kappa shape index (κ3) is 3.19. The number of rotatable bonds is 2. The van der Waals surface area contributed by atoms with Gasteiger partial charge in [0.05, 0.1) is 5.56 Å². The predicted molar refractivity (Wildman–Crippen MR) is 93.2 cm³/mol. The van der Waals surface area contributed by atoms with E-state index in [1.54, 1.807) is 10.3 Å². The van der Waals surface area contributed by atoms with Crippen molar-refractivity contribution in [3.63, 3.8) is 0 Å². The minimum atomic E-state index is -3.27. The fourth-order valence-electron chi connectivity index (χ4n) is 2.97. The van der Waals surface area contributed by atoms with Crippen molar-refractivity contribution >= 4 is 32.8 Å². The molecule has 1 atom stereocenters. The van der Waals surface area contributed by atoms with Gasteiger partial charge < -0.3 is 4.90 Å². The number of carbonyl (C=O) groups excluding carboxylic acids is 1. The van der Waals surface area contributed by atoms with E-state index in [-0.39, 0.29) is 10.1 Å². The van der Waals surface area contributed by atoms with Crippen molar-refractivity contribution in [2.45, 2.75) is 29.9 Å². The molecule has 0 spiro atoms. The standard InChI is InChI=1S/C17H19NO3S2/c1-12-6-5-9-18(15-8-4-3-7-14(12)15)17(19)13-10-16(22-11-13)23(2,20)21/h3-4,7-8,10-12H,5-6,9H2,1-2H3. The summed E-state index contributed by atoms with van der Waals surface area (Å²) in [6.07, 6.45) is 3.14. The van der Waals surface area contributed by atoms with Crippen molar-refractivity contribution in [1.29, 1.82) is 0 Å². The molecule has 6 heteroatoms. The topological polar surface area (TPSA) is 54.5 Å². The van der Waals surface area contributed by atoms with Gasteiger partial charge in [0.15, 0.2) is 9.84 Å². The summed E-state index contributed by atoms with van der Waals surface area (Å²) < 4.78 is 23.5. The van der Waals surface area contributed by atoms with Gasteiger partial charge in [-0.15, -0.1) is 11.3 Å². The fraction of sp³-hybridized carbons (Fsp3) is 0.353. The first kappa shape index (κ1) is 16.2. The summed E-state index contributed by atoms with van der Waals surface area (Å²) in [6, 6.07) is 9.46. The van der Waals surface area contributed by atoms with E-state index in [4.69, 9.17) is 0 Å². The number of hydrogen-bond acceptors (Lipinski definition) is 4. The Labute approximate surface area is 140 Å². The molecule has 1 aliphatic heterocycles. The second kappa shape index (κ2) is 6.09. The summed E-state index contributed by atoms with van der Waals surface area (Å²) in [5.74, 6) is 0.288. The molecule has 1 aromatic carbocycles. The largest absolute Gasteiger partial charge is 0.308 e. The zero-order chi connectivity index (χ0) is 16.6. The van der Waals surface area contributed by atoms with Crippen LogP contribution in [0.1, 0.15) is 41.6 Å². The van der Waals surface area contributed by atoms with Crippen LogP contribution in [-0.2, 0) is 9.84 Å². The smallest absolute Gasteiger partial charge is 0.259 e. The van der Waals surface area contributed by atoms with E-state index in [2.05, 4.69) is 13.0 Å². The predicted octanol–water partition coefficient (Wildman–Crippen LogP) is 3.70. The first-order valence-corrected chi connectivity index (χ1v) is 10.3. The Morgan fingerprint density at radius 2 is 2.04 bits per heavy atom. The first-order chi connectivity index (χ1) is 10.9. The highest BCUT2D eigenvalue weighted by molar-refractivity contribution is 7.92. The van der Waals surface area contributed by atoms with E-state index >= 15 is 0 Å². The summed E-state index contributed by atoms with van der Waals surface area (Å²) in [7, 11) is -3.27. The molecule has 0 aliphatic carbocycles. The maximum absolute atomic E-state index is 12.9. The highest BCUT2D eigenvalue weighted by Gasteiger charge is 2.26. The fourth-order valence-corrected chi connectivity index (χ4v) is 4.76. The third-order valence-electron chi connectivity index (χ3n) is 4.21. The number of thiophene rings is 1. The van der Waals surface area contributed by atoms with Crippen molar-refractivity contribution in [3.05, 3.63) is 46.8 Å². The molecule has 1 unspecified atom stereocenters. The van der Waals surface area contributed by atoms with Gasteiger partial charge in [0.2, 0.25) is 0 Å². The highest BCUT2D eigenvalue weighted by atomic mass is 32.2. The van der Waals surface area contributed by atoms with Gasteiger partial charge in [-0.2, -0.15) is 0 Å². The van der Waals surface area contributed by atoms with Gasteiger partial charge in [0, 0.05) is 23.9 Å². The molecule has 0 saturated heterocycles. The molecule has 122 valence electrons. The Kier molecular flexibility index (Phi) is 4.29. The molecule has 1 aromatic heterocycles. The lowest BCUT2D eigenvalue weighted by atomic mass is 9.96. The van der Waals surface area contributed by atoms with Gasteiger partial charge in [-0.1, -0.05) is 25.1 Å². The number of hydrogen-bond donors (Lipinski definition) is 0. The number of nitrogens with zero attached hydrogens (tertiary/aromatic N) is 1. The summed E-state index contributed by atoms with van der Waals surface area (Å²) in [5, 5.41) is 1.63.